The summed E-state index contributed by atoms with van der Waals surface area (Å²) >= 11 is 0. The highest BCUT2D eigenvalue weighted by atomic mass is 19.1. The van der Waals surface area contributed by atoms with Gasteiger partial charge in [-0.3, -0.25) is 14.5 Å². The summed E-state index contributed by atoms with van der Waals surface area (Å²) in [5.41, 5.74) is 6.56. The van der Waals surface area contributed by atoms with E-state index < -0.39 is 11.9 Å². The van der Waals surface area contributed by atoms with Gasteiger partial charge in [-0.2, -0.15) is 0 Å². The molecular weight excluding hydrogens is 375 g/mol. The smallest absolute Gasteiger partial charge is 0.253 e. The van der Waals surface area contributed by atoms with Gasteiger partial charge in [-0.25, -0.2) is 4.39 Å². The van der Waals surface area contributed by atoms with Crippen LogP contribution in [0.25, 0.3) is 0 Å². The minimum Gasteiger partial charge on any atom is -0.370 e. The molecule has 1 aliphatic heterocycles. The summed E-state index contributed by atoms with van der Waals surface area (Å²) in [5, 5.41) is 2.73. The van der Waals surface area contributed by atoms with Gasteiger partial charge in [0.05, 0.1) is 12.3 Å². The van der Waals surface area contributed by atoms with Gasteiger partial charge in [-0.15, -0.1) is 0 Å². The number of carbonyl (C=O) groups excluding carboxylic acids is 2. The first-order valence-corrected chi connectivity index (χ1v) is 10.5. The molecule has 3 N–H and O–H groups in total. The number of nitrogens with zero attached hydrogens (tertiary/aromatic N) is 2. The summed E-state index contributed by atoms with van der Waals surface area (Å²) in [6.07, 6.45) is 6.74. The molecule has 158 valence electrons. The van der Waals surface area contributed by atoms with E-state index in [9.17, 15) is 14.0 Å². The van der Waals surface area contributed by atoms with Crippen molar-refractivity contribution in [2.24, 2.45) is 5.73 Å². The Morgan fingerprint density at radius 2 is 1.97 bits per heavy atom. The highest BCUT2D eigenvalue weighted by Gasteiger charge is 2.40. The second-order valence-electron chi connectivity index (χ2n) is 8.12. The Hall–Kier alpha value is -2.03. The van der Waals surface area contributed by atoms with Crippen LogP contribution in [0.5, 0.6) is 0 Å². The monoisotopic (exact) mass is 404 g/mol. The molecule has 8 heteroatoms. The van der Waals surface area contributed by atoms with Crippen LogP contribution in [0.3, 0.4) is 0 Å². The number of anilines is 2. The molecule has 1 heterocycles. The zero-order valence-corrected chi connectivity index (χ0v) is 16.6. The molecular formula is C21H29FN4O3. The molecule has 0 bridgehead atoms. The molecule has 0 spiro atoms. The molecule has 2 saturated carbocycles. The Morgan fingerprint density at radius 1 is 1.28 bits per heavy atom. The van der Waals surface area contributed by atoms with Gasteiger partial charge >= 0.3 is 0 Å². The van der Waals surface area contributed by atoms with E-state index in [0.717, 1.165) is 25.7 Å². The molecule has 7 nitrogen and oxygen atoms in total. The number of carbonyl (C=O) groups is 2. The average Bonchev–Trinajstić information content (AvgIpc) is 2.61. The number of nitrogens with two attached hydrogens (primary N) is 1. The van der Waals surface area contributed by atoms with Crippen LogP contribution in [-0.4, -0.2) is 61.1 Å². The standard InChI is InChI=1S/C21H29FN4O3/c22-17-11-16(25-9-10-29-13-20(25)27)7-8-18(17)24-21(28)19(12-23)26(14-3-1-4-14)15-5-2-6-15/h7-8,11,14-15,19H,1-6,9-10,12-13,23H2,(H,24,28)/t19-/m0/s1. The summed E-state index contributed by atoms with van der Waals surface area (Å²) in [5.74, 6) is -1.03. The number of morpholine rings is 1. The third-order valence-corrected chi connectivity index (χ3v) is 6.39. The molecule has 1 aromatic carbocycles. The maximum absolute atomic E-state index is 14.7. The summed E-state index contributed by atoms with van der Waals surface area (Å²) in [7, 11) is 0. The first-order chi connectivity index (χ1) is 14.1. The Labute approximate surface area is 170 Å². The summed E-state index contributed by atoms with van der Waals surface area (Å²) < 4.78 is 19.8. The van der Waals surface area contributed by atoms with Gasteiger partial charge in [-0.1, -0.05) is 12.8 Å². The number of halogens is 1. The molecule has 0 aromatic heterocycles. The van der Waals surface area contributed by atoms with Crippen LogP contribution in [0.1, 0.15) is 38.5 Å². The van der Waals surface area contributed by atoms with Crippen molar-refractivity contribution in [3.05, 3.63) is 24.0 Å². The van der Waals surface area contributed by atoms with Crippen LogP contribution in [0.4, 0.5) is 15.8 Å². The van der Waals surface area contributed by atoms with Crippen LogP contribution in [0, 0.1) is 5.82 Å². The van der Waals surface area contributed by atoms with Crippen molar-refractivity contribution in [2.45, 2.75) is 56.7 Å². The predicted molar refractivity (Wildman–Crippen MR) is 108 cm³/mol. The second-order valence-corrected chi connectivity index (χ2v) is 8.12. The van der Waals surface area contributed by atoms with E-state index in [0.29, 0.717) is 30.9 Å². The molecule has 3 aliphatic rings. The molecule has 1 saturated heterocycles. The lowest BCUT2D eigenvalue weighted by Gasteiger charge is -2.49. The molecule has 0 radical (unpaired) electrons. The van der Waals surface area contributed by atoms with E-state index in [-0.39, 0.29) is 30.7 Å². The van der Waals surface area contributed by atoms with Gasteiger partial charge in [0.1, 0.15) is 18.5 Å². The Morgan fingerprint density at radius 3 is 2.48 bits per heavy atom. The Kier molecular flexibility index (Phi) is 6.12. The van der Waals surface area contributed by atoms with Gasteiger partial charge in [0, 0.05) is 30.9 Å². The molecule has 3 fully saturated rings. The summed E-state index contributed by atoms with van der Waals surface area (Å²) in [4.78, 5) is 28.7. The quantitative estimate of drug-likeness (QED) is 0.724. The Bertz CT molecular complexity index is 752. The van der Waals surface area contributed by atoms with E-state index in [1.54, 1.807) is 6.07 Å². The fourth-order valence-corrected chi connectivity index (χ4v) is 4.32. The first kappa shape index (κ1) is 20.3. The zero-order valence-electron chi connectivity index (χ0n) is 16.6. The lowest BCUT2D eigenvalue weighted by molar-refractivity contribution is -0.126. The summed E-state index contributed by atoms with van der Waals surface area (Å²) in [6.45, 7) is 1.01. The number of rotatable bonds is 7. The van der Waals surface area contributed by atoms with Gasteiger partial charge in [0.25, 0.3) is 5.91 Å². The first-order valence-electron chi connectivity index (χ1n) is 10.5. The van der Waals surface area contributed by atoms with Crippen molar-refractivity contribution in [1.82, 2.24) is 4.90 Å². The van der Waals surface area contributed by atoms with Gasteiger partial charge in [0.15, 0.2) is 0 Å². The molecule has 29 heavy (non-hydrogen) atoms. The van der Waals surface area contributed by atoms with E-state index in [2.05, 4.69) is 10.2 Å². The van der Waals surface area contributed by atoms with E-state index in [1.165, 1.54) is 29.9 Å². The van der Waals surface area contributed by atoms with E-state index in [1.807, 2.05) is 0 Å². The SMILES string of the molecule is NC[C@@H](C(=O)Nc1ccc(N2CCOCC2=O)cc1F)N(C1CCC1)C1CCC1. The molecule has 2 amide bonds. The van der Waals surface area contributed by atoms with Crippen LogP contribution < -0.4 is 16.0 Å². The maximum Gasteiger partial charge on any atom is 0.253 e. The molecule has 2 aliphatic carbocycles. The summed E-state index contributed by atoms with van der Waals surface area (Å²) in [6, 6.07) is 4.79. The normalized spacial score (nSPS) is 21.6. The molecule has 4 rings (SSSR count). The van der Waals surface area contributed by atoms with Gasteiger partial charge < -0.3 is 20.7 Å². The van der Waals surface area contributed by atoms with Crippen molar-refractivity contribution < 1.29 is 18.7 Å². The van der Waals surface area contributed by atoms with Gasteiger partial charge in [0.2, 0.25) is 5.91 Å². The fourth-order valence-electron chi connectivity index (χ4n) is 4.32. The third-order valence-electron chi connectivity index (χ3n) is 6.39. The van der Waals surface area contributed by atoms with Crippen molar-refractivity contribution in [1.29, 1.82) is 0 Å². The Balaban J connectivity index is 1.47. The largest absolute Gasteiger partial charge is 0.370 e. The zero-order chi connectivity index (χ0) is 20.4. The second kappa shape index (κ2) is 8.77. The molecule has 1 atom stereocenters. The molecule has 0 unspecified atom stereocenters. The minimum atomic E-state index is -0.565. The average molecular weight is 404 g/mol. The molecule has 1 aromatic rings. The highest BCUT2D eigenvalue weighted by molar-refractivity contribution is 5.97. The van der Waals surface area contributed by atoms with Gasteiger partial charge in [-0.05, 0) is 43.9 Å². The predicted octanol–water partition coefficient (Wildman–Crippen LogP) is 1.86. The number of hydrogen-bond donors (Lipinski definition) is 2. The number of ether oxygens (including phenoxy) is 1. The minimum absolute atomic E-state index is 0.00352. The van der Waals surface area contributed by atoms with Crippen molar-refractivity contribution in [3.63, 3.8) is 0 Å². The van der Waals surface area contributed by atoms with Crippen molar-refractivity contribution in [2.75, 3.05) is 36.5 Å². The van der Waals surface area contributed by atoms with E-state index >= 15 is 0 Å². The lowest BCUT2D eigenvalue weighted by atomic mass is 9.83. The fraction of sp³-hybridized carbons (Fsp3) is 0.619. The highest BCUT2D eigenvalue weighted by Crippen LogP contribution is 2.35. The van der Waals surface area contributed by atoms with Crippen LogP contribution in [-0.2, 0) is 14.3 Å². The topological polar surface area (TPSA) is 87.9 Å². The maximum atomic E-state index is 14.7. The number of benzene rings is 1. The van der Waals surface area contributed by atoms with E-state index in [4.69, 9.17) is 10.5 Å². The van der Waals surface area contributed by atoms with Crippen LogP contribution >= 0.6 is 0 Å². The lowest BCUT2D eigenvalue weighted by Crippen LogP contribution is -2.60. The van der Waals surface area contributed by atoms with Crippen molar-refractivity contribution >= 4 is 23.2 Å². The van der Waals surface area contributed by atoms with Crippen molar-refractivity contribution in [3.8, 4) is 0 Å². The third kappa shape index (κ3) is 4.15. The van der Waals surface area contributed by atoms with Crippen LogP contribution in [0.2, 0.25) is 0 Å². The number of amides is 2. The van der Waals surface area contributed by atoms with Crippen LogP contribution in [0.15, 0.2) is 18.2 Å². The number of nitrogens with one attached hydrogen (secondary N) is 1. The number of hydrogen-bond acceptors (Lipinski definition) is 5.